The lowest BCUT2D eigenvalue weighted by Gasteiger charge is -2.29. The molecule has 1 aliphatic heterocycles. The molecule has 0 bridgehead atoms. The van der Waals surface area contributed by atoms with E-state index in [0.29, 0.717) is 38.5 Å². The summed E-state index contributed by atoms with van der Waals surface area (Å²) in [6.45, 7) is 0.606. The fourth-order valence-electron chi connectivity index (χ4n) is 4.09. The molecule has 1 saturated heterocycles. The minimum Gasteiger partial charge on any atom is -0.370 e. The van der Waals surface area contributed by atoms with Crippen molar-refractivity contribution in [3.63, 3.8) is 0 Å². The molecule has 2 heterocycles. The molecular weight excluding hydrogens is 518 g/mol. The summed E-state index contributed by atoms with van der Waals surface area (Å²) < 4.78 is 28.1. The summed E-state index contributed by atoms with van der Waals surface area (Å²) in [6, 6.07) is 6.27. The number of nitrogens with one attached hydrogen (secondary N) is 2. The van der Waals surface area contributed by atoms with E-state index in [9.17, 15) is 22.8 Å². The van der Waals surface area contributed by atoms with Gasteiger partial charge in [0.05, 0.1) is 6.04 Å². The lowest BCUT2D eigenvalue weighted by atomic mass is 10.0. The van der Waals surface area contributed by atoms with Crippen LogP contribution >= 0.6 is 11.3 Å². The molecular formula is C23H31N7O5S2. The largest absolute Gasteiger partial charge is 0.370 e. The highest BCUT2D eigenvalue weighted by molar-refractivity contribution is 7.91. The highest BCUT2D eigenvalue weighted by atomic mass is 32.2. The van der Waals surface area contributed by atoms with Crippen LogP contribution in [-0.2, 0) is 30.8 Å². The SMILES string of the molecule is NC(N)=NCCC[C@@H](C=O)NC(=O)[C@@H]1CCCN1C(=O)[C@@H](Cc1ccccc1)NS(=O)(=O)c1nccs1. The maximum atomic E-state index is 13.6. The molecule has 37 heavy (non-hydrogen) atoms. The van der Waals surface area contributed by atoms with Crippen LogP contribution < -0.4 is 21.5 Å². The second-order valence-electron chi connectivity index (χ2n) is 8.55. The van der Waals surface area contributed by atoms with Gasteiger partial charge in [-0.15, -0.1) is 11.3 Å². The number of aliphatic imine (C=N–C) groups is 1. The van der Waals surface area contributed by atoms with Gasteiger partial charge >= 0.3 is 0 Å². The molecule has 1 aromatic heterocycles. The molecule has 0 unspecified atom stereocenters. The first-order chi connectivity index (χ1) is 17.7. The first-order valence-electron chi connectivity index (χ1n) is 11.8. The fourth-order valence-corrected chi connectivity index (χ4v) is 6.12. The number of carbonyl (C=O) groups is 3. The number of rotatable bonds is 13. The zero-order chi connectivity index (χ0) is 26.8. The Morgan fingerprint density at radius 3 is 2.68 bits per heavy atom. The maximum absolute atomic E-state index is 13.6. The van der Waals surface area contributed by atoms with E-state index in [0.717, 1.165) is 16.9 Å². The first kappa shape index (κ1) is 28.2. The van der Waals surface area contributed by atoms with Crippen molar-refractivity contribution in [1.82, 2.24) is 19.9 Å². The summed E-state index contributed by atoms with van der Waals surface area (Å²) in [4.78, 5) is 47.3. The van der Waals surface area contributed by atoms with Gasteiger partial charge in [-0.3, -0.25) is 14.6 Å². The monoisotopic (exact) mass is 549 g/mol. The third kappa shape index (κ3) is 8.06. The van der Waals surface area contributed by atoms with Gasteiger partial charge < -0.3 is 26.5 Å². The van der Waals surface area contributed by atoms with Crippen molar-refractivity contribution in [1.29, 1.82) is 0 Å². The smallest absolute Gasteiger partial charge is 0.268 e. The quantitative estimate of drug-likeness (QED) is 0.114. The Balaban J connectivity index is 1.73. The molecule has 2 aromatic rings. The zero-order valence-corrected chi connectivity index (χ0v) is 21.8. The Kier molecular flexibility index (Phi) is 10.1. The number of guanidine groups is 1. The number of amides is 2. The molecule has 200 valence electrons. The normalized spacial score (nSPS) is 17.1. The van der Waals surface area contributed by atoms with Gasteiger partial charge in [0.2, 0.25) is 16.2 Å². The average Bonchev–Trinajstić information content (AvgIpc) is 3.58. The molecule has 1 aromatic carbocycles. The Bertz CT molecular complexity index is 1190. The van der Waals surface area contributed by atoms with Crippen molar-refractivity contribution in [3.8, 4) is 0 Å². The number of thiazole rings is 1. The summed E-state index contributed by atoms with van der Waals surface area (Å²) in [7, 11) is -4.06. The number of likely N-dealkylation sites (tertiary alicyclic amines) is 1. The van der Waals surface area contributed by atoms with Crippen molar-refractivity contribution < 1.29 is 22.8 Å². The van der Waals surface area contributed by atoms with Crippen LogP contribution in [0.15, 0.2) is 51.2 Å². The van der Waals surface area contributed by atoms with Crippen molar-refractivity contribution in [2.45, 2.75) is 54.6 Å². The van der Waals surface area contributed by atoms with Gasteiger partial charge in [0.1, 0.15) is 18.4 Å². The minimum atomic E-state index is -4.06. The van der Waals surface area contributed by atoms with Gasteiger partial charge in [0.15, 0.2) is 5.96 Å². The Morgan fingerprint density at radius 2 is 2.03 bits per heavy atom. The molecule has 3 rings (SSSR count). The third-order valence-electron chi connectivity index (χ3n) is 5.82. The second kappa shape index (κ2) is 13.3. The van der Waals surface area contributed by atoms with E-state index in [1.54, 1.807) is 24.3 Å². The standard InChI is InChI=1S/C23H31N7O5S2/c24-22(25)26-10-4-8-17(15-31)28-20(32)19-9-5-12-30(19)21(33)18(14-16-6-2-1-3-7-16)29-37(34,35)23-27-11-13-36-23/h1-3,6-7,11,13,15,17-19,29H,4-5,8-10,12,14H2,(H,28,32)(H4,24,25,26)/t17-,18+,19-/m0/s1. The summed E-state index contributed by atoms with van der Waals surface area (Å²) >= 11 is 0.941. The second-order valence-corrected chi connectivity index (χ2v) is 11.3. The van der Waals surface area contributed by atoms with E-state index in [4.69, 9.17) is 11.5 Å². The molecule has 0 saturated carbocycles. The maximum Gasteiger partial charge on any atom is 0.268 e. The van der Waals surface area contributed by atoms with E-state index >= 15 is 0 Å². The molecule has 0 spiro atoms. The molecule has 0 aliphatic carbocycles. The van der Waals surface area contributed by atoms with E-state index in [2.05, 4.69) is 20.0 Å². The molecule has 1 fully saturated rings. The van der Waals surface area contributed by atoms with E-state index in [1.165, 1.54) is 16.5 Å². The topological polar surface area (TPSA) is 190 Å². The van der Waals surface area contributed by atoms with Crippen LogP contribution in [-0.4, -0.2) is 73.6 Å². The molecule has 1 aliphatic rings. The van der Waals surface area contributed by atoms with Gasteiger partial charge in [-0.2, -0.15) is 4.72 Å². The summed E-state index contributed by atoms with van der Waals surface area (Å²) in [5.41, 5.74) is 11.3. The van der Waals surface area contributed by atoms with Gasteiger partial charge in [0.25, 0.3) is 10.0 Å². The minimum absolute atomic E-state index is 0.0534. The number of nitrogens with two attached hydrogens (primary N) is 2. The number of hydrogen-bond acceptors (Lipinski definition) is 8. The Labute approximate surface area is 219 Å². The van der Waals surface area contributed by atoms with Crippen LogP contribution in [0.25, 0.3) is 0 Å². The summed E-state index contributed by atoms with van der Waals surface area (Å²) in [5, 5.41) is 4.21. The number of nitrogens with zero attached hydrogens (tertiary/aromatic N) is 3. The first-order valence-corrected chi connectivity index (χ1v) is 14.1. The molecule has 14 heteroatoms. The average molecular weight is 550 g/mol. The number of carbonyl (C=O) groups excluding carboxylic acids is 3. The molecule has 12 nitrogen and oxygen atoms in total. The highest BCUT2D eigenvalue weighted by Gasteiger charge is 2.39. The van der Waals surface area contributed by atoms with Crippen molar-refractivity contribution >= 4 is 45.4 Å². The van der Waals surface area contributed by atoms with Crippen molar-refractivity contribution in [3.05, 3.63) is 47.5 Å². The van der Waals surface area contributed by atoms with Crippen molar-refractivity contribution in [2.75, 3.05) is 13.1 Å². The lowest BCUT2D eigenvalue weighted by Crippen LogP contribution is -2.55. The van der Waals surface area contributed by atoms with Crippen molar-refractivity contribution in [2.24, 2.45) is 16.5 Å². The predicted molar refractivity (Wildman–Crippen MR) is 139 cm³/mol. The number of sulfonamides is 1. The zero-order valence-electron chi connectivity index (χ0n) is 20.2. The lowest BCUT2D eigenvalue weighted by molar-refractivity contribution is -0.140. The van der Waals surface area contributed by atoms with Gasteiger partial charge in [-0.25, -0.2) is 13.4 Å². The van der Waals surface area contributed by atoms with Gasteiger partial charge in [-0.05, 0) is 37.7 Å². The van der Waals surface area contributed by atoms with Crippen LogP contribution in [0.4, 0.5) is 0 Å². The van der Waals surface area contributed by atoms with Crippen LogP contribution in [0.2, 0.25) is 0 Å². The summed E-state index contributed by atoms with van der Waals surface area (Å²) in [6.07, 6.45) is 3.87. The Morgan fingerprint density at radius 1 is 1.27 bits per heavy atom. The van der Waals surface area contributed by atoms with E-state index in [1.807, 2.05) is 6.07 Å². The molecule has 2 amide bonds. The van der Waals surface area contributed by atoms with Gasteiger partial charge in [-0.1, -0.05) is 30.3 Å². The molecule has 3 atom stereocenters. The van der Waals surface area contributed by atoms with E-state index in [-0.39, 0.29) is 23.3 Å². The molecule has 0 radical (unpaired) electrons. The fraction of sp³-hybridized carbons (Fsp3) is 0.435. The van der Waals surface area contributed by atoms with E-state index < -0.39 is 40.0 Å². The molecule has 6 N–H and O–H groups in total. The number of benzene rings is 1. The number of hydrogen-bond donors (Lipinski definition) is 4. The predicted octanol–water partition coefficient (Wildman–Crippen LogP) is -0.239. The van der Waals surface area contributed by atoms with Crippen LogP contribution in [0.3, 0.4) is 0 Å². The number of aldehydes is 1. The highest BCUT2D eigenvalue weighted by Crippen LogP contribution is 2.21. The van der Waals surface area contributed by atoms with Crippen LogP contribution in [0, 0.1) is 0 Å². The summed E-state index contributed by atoms with van der Waals surface area (Å²) in [5.74, 6) is -1.04. The van der Waals surface area contributed by atoms with Crippen LogP contribution in [0.1, 0.15) is 31.2 Å². The third-order valence-corrected chi connectivity index (χ3v) is 8.49. The Hall–Kier alpha value is -3.36. The van der Waals surface area contributed by atoms with Crippen LogP contribution in [0.5, 0.6) is 0 Å². The van der Waals surface area contributed by atoms with Gasteiger partial charge in [0, 0.05) is 24.7 Å². The number of aromatic nitrogens is 1.